The quantitative estimate of drug-likeness (QED) is 0.0263. The fraction of sp³-hybridized carbons (Fsp3) is 0.830. The molecular weight excluding hydrogens is 733 g/mol. The van der Waals surface area contributed by atoms with E-state index in [0.717, 1.165) is 89.9 Å². The Hall–Kier alpha value is -2.37. The first-order chi connectivity index (χ1) is 29.0. The van der Waals surface area contributed by atoms with E-state index in [9.17, 15) is 14.4 Å². The first-order valence-electron chi connectivity index (χ1n) is 25.5. The van der Waals surface area contributed by atoms with E-state index in [1.807, 2.05) is 0 Å². The van der Waals surface area contributed by atoms with Crippen LogP contribution in [0.2, 0.25) is 0 Å². The third kappa shape index (κ3) is 46.5. The first-order valence-corrected chi connectivity index (χ1v) is 25.5. The van der Waals surface area contributed by atoms with E-state index >= 15 is 0 Å². The topological polar surface area (TPSA) is 78.9 Å². The molecule has 1 unspecified atom stereocenters. The van der Waals surface area contributed by atoms with Gasteiger partial charge in [0, 0.05) is 19.3 Å². The molecule has 0 aromatic heterocycles. The minimum atomic E-state index is -0.777. The Kier molecular flexibility index (Phi) is 46.4. The van der Waals surface area contributed by atoms with Crippen molar-refractivity contribution < 1.29 is 28.6 Å². The van der Waals surface area contributed by atoms with Crippen molar-refractivity contribution in [3.05, 3.63) is 36.5 Å². The third-order valence-corrected chi connectivity index (χ3v) is 11.1. The Labute approximate surface area is 365 Å². The fourth-order valence-corrected chi connectivity index (χ4v) is 7.23. The highest BCUT2D eigenvalue weighted by Crippen LogP contribution is 2.15. The number of ether oxygens (including phenoxy) is 3. The lowest BCUT2D eigenvalue weighted by atomic mass is 10.0. The largest absolute Gasteiger partial charge is 0.462 e. The summed E-state index contributed by atoms with van der Waals surface area (Å²) in [4.78, 5) is 37.9. The molecule has 0 aromatic carbocycles. The summed E-state index contributed by atoms with van der Waals surface area (Å²) in [5.41, 5.74) is 0. The first kappa shape index (κ1) is 56.6. The van der Waals surface area contributed by atoms with Gasteiger partial charge in [-0.15, -0.1) is 0 Å². The smallest absolute Gasteiger partial charge is 0.306 e. The standard InChI is InChI=1S/C53H96O6/c1-4-7-10-13-16-19-22-25-26-29-31-34-37-40-43-46-52(55)58-49-50(59-53(56)47-44-41-38-35-32-28-24-21-18-15-12-9-6-3)48-57-51(54)45-42-39-36-33-30-27-23-20-17-14-11-8-5-2/h16,19,21,24-26,50H,4-15,17-18,20,22-23,27-49H2,1-3H3. The van der Waals surface area contributed by atoms with Crippen LogP contribution < -0.4 is 0 Å². The van der Waals surface area contributed by atoms with Crippen molar-refractivity contribution in [3.8, 4) is 0 Å². The molecule has 0 bridgehead atoms. The van der Waals surface area contributed by atoms with E-state index in [1.165, 1.54) is 135 Å². The van der Waals surface area contributed by atoms with Gasteiger partial charge in [-0.1, -0.05) is 205 Å². The molecule has 344 valence electrons. The molecular formula is C53H96O6. The molecule has 0 N–H and O–H groups in total. The highest BCUT2D eigenvalue weighted by atomic mass is 16.6. The second kappa shape index (κ2) is 48.3. The van der Waals surface area contributed by atoms with E-state index < -0.39 is 6.10 Å². The van der Waals surface area contributed by atoms with Crippen molar-refractivity contribution >= 4 is 17.9 Å². The lowest BCUT2D eigenvalue weighted by molar-refractivity contribution is -0.167. The van der Waals surface area contributed by atoms with Crippen LogP contribution in [0.4, 0.5) is 0 Å². The number of carbonyl (C=O) groups excluding carboxylic acids is 3. The number of carbonyl (C=O) groups is 3. The Morgan fingerprint density at radius 3 is 1.00 bits per heavy atom. The number of hydrogen-bond acceptors (Lipinski definition) is 6. The van der Waals surface area contributed by atoms with Crippen LogP contribution in [-0.2, 0) is 28.6 Å². The Bertz CT molecular complexity index is 1000. The van der Waals surface area contributed by atoms with Crippen LogP contribution in [0.3, 0.4) is 0 Å². The molecule has 59 heavy (non-hydrogen) atoms. The molecule has 0 aliphatic carbocycles. The summed E-state index contributed by atoms with van der Waals surface area (Å²) in [6.45, 7) is 6.59. The second-order valence-electron chi connectivity index (χ2n) is 17.1. The highest BCUT2D eigenvalue weighted by Gasteiger charge is 2.19. The van der Waals surface area contributed by atoms with Crippen LogP contribution in [0.5, 0.6) is 0 Å². The Balaban J connectivity index is 4.39. The maximum atomic E-state index is 12.8. The summed E-state index contributed by atoms with van der Waals surface area (Å²) < 4.78 is 16.8. The number of unbranched alkanes of at least 4 members (excludes halogenated alkanes) is 29. The minimum Gasteiger partial charge on any atom is -0.462 e. The van der Waals surface area contributed by atoms with Crippen LogP contribution in [0, 0.1) is 0 Å². The predicted octanol–water partition coefficient (Wildman–Crippen LogP) is 16.5. The van der Waals surface area contributed by atoms with Gasteiger partial charge in [0.15, 0.2) is 6.10 Å². The summed E-state index contributed by atoms with van der Waals surface area (Å²) in [7, 11) is 0. The molecule has 0 fully saturated rings. The minimum absolute atomic E-state index is 0.0773. The van der Waals surface area contributed by atoms with Gasteiger partial charge in [-0.05, 0) is 77.0 Å². The monoisotopic (exact) mass is 829 g/mol. The molecule has 0 saturated carbocycles. The lowest BCUT2D eigenvalue weighted by Gasteiger charge is -2.18. The second-order valence-corrected chi connectivity index (χ2v) is 17.1. The summed E-state index contributed by atoms with van der Waals surface area (Å²) in [6, 6.07) is 0. The van der Waals surface area contributed by atoms with E-state index in [2.05, 4.69) is 57.2 Å². The van der Waals surface area contributed by atoms with Crippen molar-refractivity contribution in [3.63, 3.8) is 0 Å². The van der Waals surface area contributed by atoms with Crippen LogP contribution in [0.15, 0.2) is 36.5 Å². The zero-order valence-electron chi connectivity index (χ0n) is 39.3. The van der Waals surface area contributed by atoms with Crippen LogP contribution in [-0.4, -0.2) is 37.2 Å². The SMILES string of the molecule is CCCCCC=CCC=CCCCCCCCC(=O)OCC(COC(=O)CCCCCCCCCCCCCCC)OC(=O)CCCCCCCC=CCCCCCC. The molecule has 0 rings (SSSR count). The third-order valence-electron chi connectivity index (χ3n) is 11.1. The van der Waals surface area contributed by atoms with Crippen LogP contribution in [0.1, 0.15) is 265 Å². The fourth-order valence-electron chi connectivity index (χ4n) is 7.23. The lowest BCUT2D eigenvalue weighted by Crippen LogP contribution is -2.30. The molecule has 0 radical (unpaired) electrons. The van der Waals surface area contributed by atoms with Crippen molar-refractivity contribution in [1.29, 1.82) is 0 Å². The van der Waals surface area contributed by atoms with Gasteiger partial charge in [-0.2, -0.15) is 0 Å². The van der Waals surface area contributed by atoms with Crippen molar-refractivity contribution in [2.75, 3.05) is 13.2 Å². The predicted molar refractivity (Wildman–Crippen MR) is 252 cm³/mol. The van der Waals surface area contributed by atoms with Gasteiger partial charge in [-0.3, -0.25) is 14.4 Å². The highest BCUT2D eigenvalue weighted by molar-refractivity contribution is 5.71. The van der Waals surface area contributed by atoms with Gasteiger partial charge in [0.1, 0.15) is 13.2 Å². The summed E-state index contributed by atoms with van der Waals surface area (Å²) in [5, 5.41) is 0. The zero-order valence-corrected chi connectivity index (χ0v) is 39.3. The van der Waals surface area contributed by atoms with Gasteiger partial charge in [0.2, 0.25) is 0 Å². The van der Waals surface area contributed by atoms with Gasteiger partial charge < -0.3 is 14.2 Å². The summed E-state index contributed by atoms with van der Waals surface area (Å²) in [6.07, 6.45) is 55.5. The van der Waals surface area contributed by atoms with Crippen LogP contribution >= 0.6 is 0 Å². The summed E-state index contributed by atoms with van der Waals surface area (Å²) >= 11 is 0. The molecule has 6 heteroatoms. The van der Waals surface area contributed by atoms with Gasteiger partial charge >= 0.3 is 17.9 Å². The van der Waals surface area contributed by atoms with Gasteiger partial charge in [0.05, 0.1) is 0 Å². The Morgan fingerprint density at radius 1 is 0.339 bits per heavy atom. The number of esters is 3. The number of rotatable bonds is 46. The average molecular weight is 829 g/mol. The molecule has 0 heterocycles. The Morgan fingerprint density at radius 2 is 0.610 bits per heavy atom. The number of allylic oxidation sites excluding steroid dienone is 6. The molecule has 0 amide bonds. The van der Waals surface area contributed by atoms with Crippen molar-refractivity contribution in [1.82, 2.24) is 0 Å². The molecule has 0 aromatic rings. The van der Waals surface area contributed by atoms with E-state index in [1.54, 1.807) is 0 Å². The molecule has 0 aliphatic heterocycles. The molecule has 1 atom stereocenters. The van der Waals surface area contributed by atoms with Gasteiger partial charge in [0.25, 0.3) is 0 Å². The molecule has 0 saturated heterocycles. The average Bonchev–Trinajstić information content (AvgIpc) is 3.23. The van der Waals surface area contributed by atoms with Crippen molar-refractivity contribution in [2.24, 2.45) is 0 Å². The molecule has 0 aliphatic rings. The van der Waals surface area contributed by atoms with Crippen molar-refractivity contribution in [2.45, 2.75) is 271 Å². The number of hydrogen-bond donors (Lipinski definition) is 0. The molecule has 6 nitrogen and oxygen atoms in total. The van der Waals surface area contributed by atoms with E-state index in [4.69, 9.17) is 14.2 Å². The zero-order chi connectivity index (χ0) is 43.0. The van der Waals surface area contributed by atoms with Crippen LogP contribution in [0.25, 0.3) is 0 Å². The summed E-state index contributed by atoms with van der Waals surface area (Å²) in [5.74, 6) is -0.892. The normalized spacial score (nSPS) is 12.3. The van der Waals surface area contributed by atoms with E-state index in [-0.39, 0.29) is 31.1 Å². The van der Waals surface area contributed by atoms with E-state index in [0.29, 0.717) is 19.3 Å². The molecule has 0 spiro atoms. The van der Waals surface area contributed by atoms with Gasteiger partial charge in [-0.25, -0.2) is 0 Å². The maximum Gasteiger partial charge on any atom is 0.306 e. The maximum absolute atomic E-state index is 12.8.